The van der Waals surface area contributed by atoms with Crippen molar-refractivity contribution in [1.29, 1.82) is 0 Å². The van der Waals surface area contributed by atoms with E-state index in [2.05, 4.69) is 13.8 Å². The number of hydrogen-bond acceptors (Lipinski definition) is 2. The molecule has 2 nitrogen and oxygen atoms in total. The molecule has 1 aliphatic carbocycles. The summed E-state index contributed by atoms with van der Waals surface area (Å²) >= 11 is 0. The molecule has 2 heteroatoms. The van der Waals surface area contributed by atoms with Crippen LogP contribution in [0.25, 0.3) is 0 Å². The van der Waals surface area contributed by atoms with Gasteiger partial charge in [-0.25, -0.2) is 0 Å². The first kappa shape index (κ1) is 12.0. The zero-order valence-electron chi connectivity index (χ0n) is 9.63. The van der Waals surface area contributed by atoms with Crippen molar-refractivity contribution < 1.29 is 5.11 Å². The van der Waals surface area contributed by atoms with Crippen molar-refractivity contribution in [2.24, 2.45) is 17.1 Å². The Kier molecular flexibility index (Phi) is 4.39. The summed E-state index contributed by atoms with van der Waals surface area (Å²) in [5.41, 5.74) is 6.50. The minimum absolute atomic E-state index is 0.248. The van der Waals surface area contributed by atoms with Gasteiger partial charge in [-0.3, -0.25) is 0 Å². The molecule has 0 spiro atoms. The van der Waals surface area contributed by atoms with E-state index >= 15 is 0 Å². The Bertz CT molecular complexity index is 172. The highest BCUT2D eigenvalue weighted by Crippen LogP contribution is 2.50. The Hall–Kier alpha value is -0.0800. The molecule has 0 aliphatic heterocycles. The van der Waals surface area contributed by atoms with Gasteiger partial charge in [-0.05, 0) is 37.0 Å². The average Bonchev–Trinajstić information content (AvgIpc) is 2.61. The summed E-state index contributed by atoms with van der Waals surface area (Å²) in [7, 11) is 0. The Morgan fingerprint density at radius 2 is 2.21 bits per heavy atom. The summed E-state index contributed by atoms with van der Waals surface area (Å²) in [6.45, 7) is 4.71. The number of aliphatic hydroxyl groups excluding tert-OH is 1. The SMILES string of the molecule is CCC(N)C1(CCO)CCCC1CC. The summed E-state index contributed by atoms with van der Waals surface area (Å²) in [6, 6.07) is 0.280. The summed E-state index contributed by atoms with van der Waals surface area (Å²) in [4.78, 5) is 0. The van der Waals surface area contributed by atoms with Crippen molar-refractivity contribution >= 4 is 0 Å². The van der Waals surface area contributed by atoms with Crippen LogP contribution in [0.3, 0.4) is 0 Å². The Labute approximate surface area is 87.9 Å². The maximum atomic E-state index is 9.19. The van der Waals surface area contributed by atoms with Gasteiger partial charge in [0.15, 0.2) is 0 Å². The Balaban J connectivity index is 2.78. The van der Waals surface area contributed by atoms with Crippen LogP contribution in [0.2, 0.25) is 0 Å². The quantitative estimate of drug-likeness (QED) is 0.713. The molecular weight excluding hydrogens is 174 g/mol. The maximum absolute atomic E-state index is 9.19. The van der Waals surface area contributed by atoms with E-state index in [0.29, 0.717) is 6.61 Å². The highest BCUT2D eigenvalue weighted by Gasteiger charge is 2.44. The van der Waals surface area contributed by atoms with Crippen molar-refractivity contribution in [1.82, 2.24) is 0 Å². The zero-order chi connectivity index (χ0) is 10.6. The van der Waals surface area contributed by atoms with Crippen molar-refractivity contribution in [3.05, 3.63) is 0 Å². The van der Waals surface area contributed by atoms with Gasteiger partial charge in [-0.15, -0.1) is 0 Å². The third-order valence-corrected chi connectivity index (χ3v) is 4.26. The van der Waals surface area contributed by atoms with E-state index in [0.717, 1.165) is 18.8 Å². The molecule has 0 saturated heterocycles. The van der Waals surface area contributed by atoms with Gasteiger partial charge in [-0.1, -0.05) is 26.7 Å². The van der Waals surface area contributed by atoms with Crippen LogP contribution in [0, 0.1) is 11.3 Å². The minimum atomic E-state index is 0.248. The van der Waals surface area contributed by atoms with Crippen LogP contribution in [0.15, 0.2) is 0 Å². The lowest BCUT2D eigenvalue weighted by atomic mass is 9.68. The molecular formula is C12H25NO. The molecule has 0 aromatic rings. The molecule has 0 amide bonds. The lowest BCUT2D eigenvalue weighted by Gasteiger charge is -2.40. The van der Waals surface area contributed by atoms with Crippen molar-refractivity contribution in [3.8, 4) is 0 Å². The second-order valence-corrected chi connectivity index (χ2v) is 4.72. The number of aliphatic hydroxyl groups is 1. The molecule has 0 aromatic heterocycles. The third-order valence-electron chi connectivity index (χ3n) is 4.26. The molecule has 1 fully saturated rings. The fourth-order valence-corrected chi connectivity index (χ4v) is 3.40. The van der Waals surface area contributed by atoms with Crippen LogP contribution in [0.4, 0.5) is 0 Å². The van der Waals surface area contributed by atoms with Crippen molar-refractivity contribution in [3.63, 3.8) is 0 Å². The zero-order valence-corrected chi connectivity index (χ0v) is 9.63. The Morgan fingerprint density at radius 3 is 2.71 bits per heavy atom. The standard InChI is InChI=1S/C12H25NO/c1-3-10-6-5-7-12(10,8-9-14)11(13)4-2/h10-11,14H,3-9,13H2,1-2H3. The van der Waals surface area contributed by atoms with E-state index < -0.39 is 0 Å². The topological polar surface area (TPSA) is 46.2 Å². The van der Waals surface area contributed by atoms with E-state index in [1.54, 1.807) is 0 Å². The molecule has 1 rings (SSSR count). The molecule has 0 bridgehead atoms. The molecule has 84 valence electrons. The van der Waals surface area contributed by atoms with Gasteiger partial charge in [0.05, 0.1) is 0 Å². The summed E-state index contributed by atoms with van der Waals surface area (Å²) in [6.07, 6.45) is 6.99. The van der Waals surface area contributed by atoms with Crippen molar-refractivity contribution in [2.45, 2.75) is 58.4 Å². The molecule has 3 atom stereocenters. The average molecular weight is 199 g/mol. The highest BCUT2D eigenvalue weighted by atomic mass is 16.3. The largest absolute Gasteiger partial charge is 0.396 e. The van der Waals surface area contributed by atoms with Crippen LogP contribution in [0.5, 0.6) is 0 Å². The first-order chi connectivity index (χ1) is 6.71. The first-order valence-electron chi connectivity index (χ1n) is 6.07. The highest BCUT2D eigenvalue weighted by molar-refractivity contribution is 4.97. The summed E-state index contributed by atoms with van der Waals surface area (Å²) in [5.74, 6) is 0.740. The molecule has 3 unspecified atom stereocenters. The van der Waals surface area contributed by atoms with Crippen LogP contribution < -0.4 is 5.73 Å². The number of rotatable bonds is 5. The van der Waals surface area contributed by atoms with Gasteiger partial charge < -0.3 is 10.8 Å². The molecule has 0 heterocycles. The fourth-order valence-electron chi connectivity index (χ4n) is 3.40. The van der Waals surface area contributed by atoms with Crippen LogP contribution in [0.1, 0.15) is 52.4 Å². The van der Waals surface area contributed by atoms with Gasteiger partial charge in [-0.2, -0.15) is 0 Å². The fraction of sp³-hybridized carbons (Fsp3) is 1.00. The van der Waals surface area contributed by atoms with Gasteiger partial charge in [0.25, 0.3) is 0 Å². The predicted molar refractivity (Wildman–Crippen MR) is 60.0 cm³/mol. The lowest BCUT2D eigenvalue weighted by Crippen LogP contribution is -2.44. The third kappa shape index (κ3) is 1.96. The van der Waals surface area contributed by atoms with Gasteiger partial charge in [0, 0.05) is 12.6 Å². The van der Waals surface area contributed by atoms with E-state index in [1.165, 1.54) is 25.7 Å². The normalized spacial score (nSPS) is 34.7. The number of nitrogens with two attached hydrogens (primary N) is 1. The second-order valence-electron chi connectivity index (χ2n) is 4.72. The Morgan fingerprint density at radius 1 is 1.50 bits per heavy atom. The predicted octanol–water partition coefficient (Wildman–Crippen LogP) is 2.30. The van der Waals surface area contributed by atoms with Gasteiger partial charge >= 0.3 is 0 Å². The van der Waals surface area contributed by atoms with Crippen LogP contribution in [-0.2, 0) is 0 Å². The molecule has 1 saturated carbocycles. The monoisotopic (exact) mass is 199 g/mol. The summed E-state index contributed by atoms with van der Waals surface area (Å²) in [5, 5.41) is 9.19. The lowest BCUT2D eigenvalue weighted by molar-refractivity contribution is 0.0955. The van der Waals surface area contributed by atoms with Gasteiger partial charge in [0.1, 0.15) is 0 Å². The van der Waals surface area contributed by atoms with E-state index in [4.69, 9.17) is 5.73 Å². The molecule has 0 aromatic carbocycles. The smallest absolute Gasteiger partial charge is 0.0437 e. The van der Waals surface area contributed by atoms with Crippen LogP contribution >= 0.6 is 0 Å². The molecule has 1 aliphatic rings. The minimum Gasteiger partial charge on any atom is -0.396 e. The van der Waals surface area contributed by atoms with Crippen LogP contribution in [-0.4, -0.2) is 17.8 Å². The van der Waals surface area contributed by atoms with E-state index in [9.17, 15) is 5.11 Å². The summed E-state index contributed by atoms with van der Waals surface area (Å²) < 4.78 is 0. The van der Waals surface area contributed by atoms with E-state index in [1.807, 2.05) is 0 Å². The molecule has 3 N–H and O–H groups in total. The van der Waals surface area contributed by atoms with E-state index in [-0.39, 0.29) is 11.5 Å². The first-order valence-corrected chi connectivity index (χ1v) is 6.07. The van der Waals surface area contributed by atoms with Crippen molar-refractivity contribution in [2.75, 3.05) is 6.61 Å². The molecule has 0 radical (unpaired) electrons. The number of hydrogen-bond donors (Lipinski definition) is 2. The van der Waals surface area contributed by atoms with Gasteiger partial charge in [0.2, 0.25) is 0 Å². The molecule has 14 heavy (non-hydrogen) atoms. The second kappa shape index (κ2) is 5.13. The maximum Gasteiger partial charge on any atom is 0.0437 e.